The van der Waals surface area contributed by atoms with Gasteiger partial charge in [-0.1, -0.05) is 12.1 Å². The van der Waals surface area contributed by atoms with Crippen molar-refractivity contribution in [1.82, 2.24) is 14.7 Å². The molecule has 158 valence electrons. The van der Waals surface area contributed by atoms with Gasteiger partial charge in [0.05, 0.1) is 28.2 Å². The zero-order chi connectivity index (χ0) is 22.0. The second kappa shape index (κ2) is 8.48. The fourth-order valence-electron chi connectivity index (χ4n) is 3.31. The van der Waals surface area contributed by atoms with E-state index in [1.807, 2.05) is 6.92 Å². The molecule has 1 aliphatic rings. The van der Waals surface area contributed by atoms with Crippen LogP contribution in [0.15, 0.2) is 24.3 Å². The van der Waals surface area contributed by atoms with E-state index in [-0.39, 0.29) is 31.2 Å². The third-order valence-corrected chi connectivity index (χ3v) is 5.08. The van der Waals surface area contributed by atoms with Gasteiger partial charge in [-0.15, -0.1) is 0 Å². The molecule has 3 rings (SSSR count). The van der Waals surface area contributed by atoms with Crippen LogP contribution in [0.4, 0.5) is 5.69 Å². The summed E-state index contributed by atoms with van der Waals surface area (Å²) in [6.45, 7) is 5.19. The highest BCUT2D eigenvalue weighted by Gasteiger charge is 2.34. The first-order valence-corrected chi connectivity index (χ1v) is 9.66. The first kappa shape index (κ1) is 21.2. The number of ether oxygens (including phenoxy) is 1. The van der Waals surface area contributed by atoms with Crippen molar-refractivity contribution in [2.45, 2.75) is 39.7 Å². The Morgan fingerprint density at radius 1 is 1.13 bits per heavy atom. The third kappa shape index (κ3) is 4.10. The molecule has 1 N–H and O–H groups in total. The molecule has 1 aromatic heterocycles. The van der Waals surface area contributed by atoms with Gasteiger partial charge in [-0.3, -0.25) is 28.8 Å². The number of benzene rings is 1. The number of rotatable bonds is 7. The number of nitrogens with zero attached hydrogens (tertiary/aromatic N) is 3. The summed E-state index contributed by atoms with van der Waals surface area (Å²) in [5.41, 5.74) is 2.80. The molecule has 1 aromatic carbocycles. The molecule has 0 spiro atoms. The molecular weight excluding hydrogens is 388 g/mol. The number of carbonyl (C=O) groups excluding carboxylic acids is 4. The van der Waals surface area contributed by atoms with Crippen LogP contribution in [-0.2, 0) is 21.4 Å². The van der Waals surface area contributed by atoms with E-state index < -0.39 is 18.0 Å². The zero-order valence-electron chi connectivity index (χ0n) is 17.4. The van der Waals surface area contributed by atoms with Gasteiger partial charge in [0.1, 0.15) is 0 Å². The van der Waals surface area contributed by atoms with Crippen LogP contribution in [0.25, 0.3) is 0 Å². The summed E-state index contributed by atoms with van der Waals surface area (Å²) in [4.78, 5) is 50.2. The lowest BCUT2D eigenvalue weighted by Gasteiger charge is -2.15. The Bertz CT molecular complexity index is 991. The van der Waals surface area contributed by atoms with Crippen molar-refractivity contribution < 1.29 is 23.9 Å². The molecule has 1 aliphatic heterocycles. The largest absolute Gasteiger partial charge is 0.453 e. The molecule has 0 radical (unpaired) electrons. The van der Waals surface area contributed by atoms with Gasteiger partial charge in [0, 0.05) is 20.0 Å². The average molecular weight is 412 g/mol. The number of esters is 1. The number of anilines is 1. The number of nitrogens with one attached hydrogen (secondary N) is 1. The second-order valence-corrected chi connectivity index (χ2v) is 7.20. The molecule has 0 bridgehead atoms. The van der Waals surface area contributed by atoms with Gasteiger partial charge < -0.3 is 10.1 Å². The number of carbonyl (C=O) groups is 4. The molecule has 2 aromatic rings. The van der Waals surface area contributed by atoms with E-state index in [0.29, 0.717) is 22.5 Å². The van der Waals surface area contributed by atoms with Crippen LogP contribution in [-0.4, -0.2) is 51.0 Å². The van der Waals surface area contributed by atoms with Crippen molar-refractivity contribution >= 4 is 29.4 Å². The van der Waals surface area contributed by atoms with Crippen molar-refractivity contribution in [3.63, 3.8) is 0 Å². The van der Waals surface area contributed by atoms with E-state index >= 15 is 0 Å². The number of fused-ring (bicyclic) bond motifs is 1. The van der Waals surface area contributed by atoms with Crippen LogP contribution in [0.3, 0.4) is 0 Å². The van der Waals surface area contributed by atoms with E-state index in [9.17, 15) is 19.2 Å². The summed E-state index contributed by atoms with van der Waals surface area (Å²) in [5.74, 6) is -1.75. The van der Waals surface area contributed by atoms with E-state index in [2.05, 4.69) is 10.4 Å². The van der Waals surface area contributed by atoms with Gasteiger partial charge >= 0.3 is 5.97 Å². The number of imide groups is 1. The van der Waals surface area contributed by atoms with Crippen molar-refractivity contribution in [3.8, 4) is 0 Å². The molecule has 30 heavy (non-hydrogen) atoms. The van der Waals surface area contributed by atoms with Crippen LogP contribution in [0.2, 0.25) is 0 Å². The quantitative estimate of drug-likeness (QED) is 0.550. The van der Waals surface area contributed by atoms with E-state index in [0.717, 1.165) is 10.6 Å². The molecule has 3 amide bonds. The summed E-state index contributed by atoms with van der Waals surface area (Å²) in [5, 5.41) is 6.95. The first-order valence-electron chi connectivity index (χ1n) is 9.66. The molecule has 9 heteroatoms. The van der Waals surface area contributed by atoms with Crippen molar-refractivity contribution in [3.05, 3.63) is 46.8 Å². The normalized spacial score (nSPS) is 13.9. The Morgan fingerprint density at radius 2 is 1.73 bits per heavy atom. The monoisotopic (exact) mass is 412 g/mol. The number of aryl methyl sites for hydroxylation is 2. The predicted octanol–water partition coefficient (Wildman–Crippen LogP) is 1.98. The lowest BCUT2D eigenvalue weighted by molar-refractivity contribution is -0.153. The maximum absolute atomic E-state index is 12.3. The van der Waals surface area contributed by atoms with Gasteiger partial charge in [0.15, 0.2) is 6.10 Å². The summed E-state index contributed by atoms with van der Waals surface area (Å²) < 4.78 is 6.84. The van der Waals surface area contributed by atoms with Gasteiger partial charge in [-0.2, -0.15) is 5.10 Å². The highest BCUT2D eigenvalue weighted by atomic mass is 16.5. The lowest BCUT2D eigenvalue weighted by atomic mass is 10.1. The Kier molecular flexibility index (Phi) is 6.00. The van der Waals surface area contributed by atoms with Crippen molar-refractivity contribution in [1.29, 1.82) is 0 Å². The van der Waals surface area contributed by atoms with Crippen molar-refractivity contribution in [2.75, 3.05) is 11.9 Å². The molecule has 0 aliphatic carbocycles. The minimum absolute atomic E-state index is 0.0179. The summed E-state index contributed by atoms with van der Waals surface area (Å²) in [6, 6.07) is 6.61. The van der Waals surface area contributed by atoms with Gasteiger partial charge in [0.25, 0.3) is 17.7 Å². The molecule has 0 saturated heterocycles. The number of amides is 3. The lowest BCUT2D eigenvalue weighted by Crippen LogP contribution is -2.32. The Balaban J connectivity index is 1.47. The highest BCUT2D eigenvalue weighted by Crippen LogP contribution is 2.23. The smallest absolute Gasteiger partial charge is 0.306 e. The fraction of sp³-hybridized carbons (Fsp3) is 0.381. The van der Waals surface area contributed by atoms with Gasteiger partial charge in [-0.25, -0.2) is 0 Å². The summed E-state index contributed by atoms with van der Waals surface area (Å²) in [7, 11) is 1.77. The molecule has 2 heterocycles. The summed E-state index contributed by atoms with van der Waals surface area (Å²) >= 11 is 0. The summed E-state index contributed by atoms with van der Waals surface area (Å²) in [6.07, 6.45) is -0.758. The molecule has 9 nitrogen and oxygen atoms in total. The Hall–Kier alpha value is -3.49. The van der Waals surface area contributed by atoms with E-state index in [4.69, 9.17) is 4.74 Å². The van der Waals surface area contributed by atoms with Crippen LogP contribution in [0.1, 0.15) is 51.9 Å². The molecular formula is C21H24N4O5. The van der Waals surface area contributed by atoms with Crippen LogP contribution < -0.4 is 5.32 Å². The second-order valence-electron chi connectivity index (χ2n) is 7.20. The molecule has 0 fully saturated rings. The molecule has 1 atom stereocenters. The molecule has 0 unspecified atom stereocenters. The van der Waals surface area contributed by atoms with E-state index in [1.54, 1.807) is 42.9 Å². The standard InChI is InChI=1S/C21H24N4O5/c1-12-18(13(2)24(4)23-12)22-19(27)14(3)30-17(26)10-7-11-25-20(28)15-8-5-6-9-16(15)21(25)29/h5-6,8-9,14H,7,10-11H2,1-4H3,(H,22,27)/t14-/m0/s1. The average Bonchev–Trinajstić information content (AvgIpc) is 3.09. The SMILES string of the molecule is Cc1nn(C)c(C)c1NC(=O)[C@H](C)OC(=O)CCCN1C(=O)c2ccccc2C1=O. The maximum atomic E-state index is 12.3. The number of aromatic nitrogens is 2. The minimum Gasteiger partial charge on any atom is -0.453 e. The van der Waals surface area contributed by atoms with Gasteiger partial charge in [-0.05, 0) is 39.3 Å². The van der Waals surface area contributed by atoms with E-state index in [1.165, 1.54) is 6.92 Å². The first-order chi connectivity index (χ1) is 14.2. The Morgan fingerprint density at radius 3 is 2.27 bits per heavy atom. The van der Waals surface area contributed by atoms with Crippen molar-refractivity contribution in [2.24, 2.45) is 7.05 Å². The minimum atomic E-state index is -0.990. The number of hydrogen-bond donors (Lipinski definition) is 1. The van der Waals surface area contributed by atoms with Crippen LogP contribution in [0, 0.1) is 13.8 Å². The predicted molar refractivity (Wildman–Crippen MR) is 108 cm³/mol. The van der Waals surface area contributed by atoms with Crippen LogP contribution >= 0.6 is 0 Å². The molecule has 0 saturated carbocycles. The highest BCUT2D eigenvalue weighted by molar-refractivity contribution is 6.21. The number of hydrogen-bond acceptors (Lipinski definition) is 6. The zero-order valence-corrected chi connectivity index (χ0v) is 17.4. The topological polar surface area (TPSA) is 111 Å². The third-order valence-electron chi connectivity index (χ3n) is 5.08. The van der Waals surface area contributed by atoms with Gasteiger partial charge in [0.2, 0.25) is 0 Å². The maximum Gasteiger partial charge on any atom is 0.306 e. The fourth-order valence-corrected chi connectivity index (χ4v) is 3.31. The van der Waals surface area contributed by atoms with Crippen LogP contribution in [0.5, 0.6) is 0 Å². The Labute approximate surface area is 174 Å².